The summed E-state index contributed by atoms with van der Waals surface area (Å²) in [6, 6.07) is 8.26. The maximum absolute atomic E-state index is 11.7. The van der Waals surface area contributed by atoms with E-state index in [1.54, 1.807) is 0 Å². The number of hydrogen-bond acceptors (Lipinski definition) is 1. The zero-order chi connectivity index (χ0) is 12.9. The van der Waals surface area contributed by atoms with Gasteiger partial charge in [-0.1, -0.05) is 29.8 Å². The van der Waals surface area contributed by atoms with Gasteiger partial charge in [-0.2, -0.15) is 0 Å². The summed E-state index contributed by atoms with van der Waals surface area (Å²) in [5.41, 5.74) is 2.10. The predicted octanol–water partition coefficient (Wildman–Crippen LogP) is 3.06. The summed E-state index contributed by atoms with van der Waals surface area (Å²) < 4.78 is 0. The number of aryl methyl sites for hydroxylation is 2. The molecule has 0 spiro atoms. The van der Waals surface area contributed by atoms with Crippen molar-refractivity contribution >= 4 is 17.5 Å². The molecule has 1 aromatic rings. The van der Waals surface area contributed by atoms with Gasteiger partial charge in [-0.05, 0) is 32.8 Å². The predicted molar refractivity (Wildman–Crippen MR) is 72.4 cm³/mol. The first-order chi connectivity index (χ1) is 7.93. The molecule has 0 heterocycles. The number of carbonyl (C=O) groups excluding carboxylic acids is 1. The molecule has 0 aliphatic heterocycles. The lowest BCUT2D eigenvalue weighted by Crippen LogP contribution is -2.44. The van der Waals surface area contributed by atoms with E-state index in [-0.39, 0.29) is 11.4 Å². The average Bonchev–Trinajstić information content (AvgIpc) is 2.28. The summed E-state index contributed by atoms with van der Waals surface area (Å²) in [5, 5.41) is 2.92. The van der Waals surface area contributed by atoms with Crippen LogP contribution in [-0.2, 0) is 11.2 Å². The van der Waals surface area contributed by atoms with Crippen LogP contribution in [0.1, 0.15) is 31.4 Å². The Balaban J connectivity index is 2.41. The first kappa shape index (κ1) is 14.0. The second-order valence-corrected chi connectivity index (χ2v) is 5.32. The summed E-state index contributed by atoms with van der Waals surface area (Å²) in [7, 11) is 0. The third-order valence-corrected chi connectivity index (χ3v) is 3.24. The second-order valence-electron chi connectivity index (χ2n) is 5.05. The normalized spacial score (nSPS) is 11.3. The molecule has 0 aromatic heterocycles. The lowest BCUT2D eigenvalue weighted by atomic mass is 10.1. The molecule has 1 amide bonds. The Bertz CT molecular complexity index is 370. The van der Waals surface area contributed by atoms with Gasteiger partial charge in [0.25, 0.3) is 0 Å². The van der Waals surface area contributed by atoms with Crippen LogP contribution < -0.4 is 5.32 Å². The highest BCUT2D eigenvalue weighted by molar-refractivity contribution is 6.18. The van der Waals surface area contributed by atoms with Crippen molar-refractivity contribution in [3.63, 3.8) is 0 Å². The molecule has 17 heavy (non-hydrogen) atoms. The van der Waals surface area contributed by atoms with Crippen LogP contribution in [0.4, 0.5) is 0 Å². The molecule has 0 fully saturated rings. The van der Waals surface area contributed by atoms with Gasteiger partial charge in [0, 0.05) is 17.8 Å². The van der Waals surface area contributed by atoms with Gasteiger partial charge >= 0.3 is 0 Å². The summed E-state index contributed by atoms with van der Waals surface area (Å²) in [6.45, 7) is 5.90. The van der Waals surface area contributed by atoms with Crippen LogP contribution in [0.2, 0.25) is 0 Å². The molecule has 0 atom stereocenters. The Kier molecular flexibility index (Phi) is 5.01. The standard InChI is InChI=1S/C14H20ClNO/c1-11-4-6-12(7-5-11)8-9-13(17)16-14(2,3)10-15/h4-7H,8-10H2,1-3H3,(H,16,17). The number of amides is 1. The number of rotatable bonds is 5. The molecule has 3 heteroatoms. The topological polar surface area (TPSA) is 29.1 Å². The van der Waals surface area contributed by atoms with Crippen LogP contribution in [0.3, 0.4) is 0 Å². The van der Waals surface area contributed by atoms with E-state index in [1.165, 1.54) is 11.1 Å². The van der Waals surface area contributed by atoms with E-state index in [9.17, 15) is 4.79 Å². The van der Waals surface area contributed by atoms with Gasteiger partial charge in [0.05, 0.1) is 0 Å². The monoisotopic (exact) mass is 253 g/mol. The Labute approximate surface area is 108 Å². The van der Waals surface area contributed by atoms with Crippen molar-refractivity contribution in [2.24, 2.45) is 0 Å². The van der Waals surface area contributed by atoms with Crippen molar-refractivity contribution in [3.8, 4) is 0 Å². The molecule has 0 aliphatic carbocycles. The highest BCUT2D eigenvalue weighted by Gasteiger charge is 2.18. The van der Waals surface area contributed by atoms with E-state index in [2.05, 4.69) is 36.5 Å². The molecule has 0 unspecified atom stereocenters. The van der Waals surface area contributed by atoms with Gasteiger partial charge in [0.2, 0.25) is 5.91 Å². The lowest BCUT2D eigenvalue weighted by molar-refractivity contribution is -0.122. The molecule has 94 valence electrons. The first-order valence-corrected chi connectivity index (χ1v) is 6.39. The van der Waals surface area contributed by atoms with E-state index in [4.69, 9.17) is 11.6 Å². The number of halogens is 1. The third-order valence-electron chi connectivity index (χ3n) is 2.57. The summed E-state index contributed by atoms with van der Waals surface area (Å²) in [5.74, 6) is 0.472. The van der Waals surface area contributed by atoms with Crippen molar-refractivity contribution in [2.45, 2.75) is 39.2 Å². The fourth-order valence-corrected chi connectivity index (χ4v) is 1.55. The SMILES string of the molecule is Cc1ccc(CCC(=O)NC(C)(C)CCl)cc1. The van der Waals surface area contributed by atoms with Crippen molar-refractivity contribution in [3.05, 3.63) is 35.4 Å². The van der Waals surface area contributed by atoms with Crippen LogP contribution in [-0.4, -0.2) is 17.3 Å². The lowest BCUT2D eigenvalue weighted by Gasteiger charge is -2.23. The van der Waals surface area contributed by atoms with Gasteiger partial charge in [0.1, 0.15) is 0 Å². The van der Waals surface area contributed by atoms with E-state index in [0.29, 0.717) is 12.3 Å². The minimum Gasteiger partial charge on any atom is -0.350 e. The van der Waals surface area contributed by atoms with Crippen LogP contribution in [0.15, 0.2) is 24.3 Å². The number of hydrogen-bond donors (Lipinski definition) is 1. The number of benzene rings is 1. The molecule has 0 saturated heterocycles. The van der Waals surface area contributed by atoms with E-state index >= 15 is 0 Å². The van der Waals surface area contributed by atoms with E-state index in [0.717, 1.165) is 6.42 Å². The van der Waals surface area contributed by atoms with Crippen molar-refractivity contribution in [2.75, 3.05) is 5.88 Å². The number of carbonyl (C=O) groups is 1. The molecule has 1 rings (SSSR count). The molecule has 1 aromatic carbocycles. The third kappa shape index (κ3) is 5.22. The molecule has 0 saturated carbocycles. The molecule has 0 radical (unpaired) electrons. The van der Waals surface area contributed by atoms with Crippen LogP contribution >= 0.6 is 11.6 Å². The van der Waals surface area contributed by atoms with Crippen LogP contribution in [0.25, 0.3) is 0 Å². The van der Waals surface area contributed by atoms with Gasteiger partial charge in [-0.25, -0.2) is 0 Å². The molecule has 0 bridgehead atoms. The maximum atomic E-state index is 11.7. The Hall–Kier alpha value is -1.02. The quantitative estimate of drug-likeness (QED) is 0.803. The Morgan fingerprint density at radius 1 is 1.29 bits per heavy atom. The molecular weight excluding hydrogens is 234 g/mol. The Morgan fingerprint density at radius 3 is 2.41 bits per heavy atom. The maximum Gasteiger partial charge on any atom is 0.220 e. The van der Waals surface area contributed by atoms with Gasteiger partial charge in [-0.3, -0.25) is 4.79 Å². The minimum atomic E-state index is -0.327. The van der Waals surface area contributed by atoms with Crippen LogP contribution in [0.5, 0.6) is 0 Å². The number of alkyl halides is 1. The summed E-state index contributed by atoms with van der Waals surface area (Å²) in [6.07, 6.45) is 1.27. The second kappa shape index (κ2) is 6.06. The fourth-order valence-electron chi connectivity index (χ4n) is 1.49. The van der Waals surface area contributed by atoms with Crippen molar-refractivity contribution in [1.29, 1.82) is 0 Å². The first-order valence-electron chi connectivity index (χ1n) is 5.85. The molecule has 1 N–H and O–H groups in total. The minimum absolute atomic E-state index is 0.0521. The highest BCUT2D eigenvalue weighted by Crippen LogP contribution is 2.08. The largest absolute Gasteiger partial charge is 0.350 e. The average molecular weight is 254 g/mol. The number of nitrogens with one attached hydrogen (secondary N) is 1. The van der Waals surface area contributed by atoms with Gasteiger partial charge < -0.3 is 5.32 Å². The van der Waals surface area contributed by atoms with Crippen LogP contribution in [0, 0.1) is 6.92 Å². The molecule has 0 aliphatic rings. The van der Waals surface area contributed by atoms with Crippen molar-refractivity contribution < 1.29 is 4.79 Å². The summed E-state index contributed by atoms with van der Waals surface area (Å²) in [4.78, 5) is 11.7. The van der Waals surface area contributed by atoms with Gasteiger partial charge in [-0.15, -0.1) is 11.6 Å². The molecule has 2 nitrogen and oxygen atoms in total. The molecular formula is C14H20ClNO. The van der Waals surface area contributed by atoms with Gasteiger partial charge in [0.15, 0.2) is 0 Å². The van der Waals surface area contributed by atoms with Crippen molar-refractivity contribution in [1.82, 2.24) is 5.32 Å². The zero-order valence-electron chi connectivity index (χ0n) is 10.7. The highest BCUT2D eigenvalue weighted by atomic mass is 35.5. The van der Waals surface area contributed by atoms with E-state index < -0.39 is 0 Å². The smallest absolute Gasteiger partial charge is 0.220 e. The fraction of sp³-hybridized carbons (Fsp3) is 0.500. The van der Waals surface area contributed by atoms with E-state index in [1.807, 2.05) is 13.8 Å². The zero-order valence-corrected chi connectivity index (χ0v) is 11.5. The summed E-state index contributed by atoms with van der Waals surface area (Å²) >= 11 is 5.76. The Morgan fingerprint density at radius 2 is 1.88 bits per heavy atom.